The summed E-state index contributed by atoms with van der Waals surface area (Å²) in [4.78, 5) is 10.4. The van der Waals surface area contributed by atoms with E-state index in [-0.39, 0.29) is 5.69 Å². The van der Waals surface area contributed by atoms with Crippen LogP contribution in [0.25, 0.3) is 5.69 Å². The van der Waals surface area contributed by atoms with Crippen molar-refractivity contribution in [3.05, 3.63) is 51.8 Å². The lowest BCUT2D eigenvalue weighted by molar-refractivity contribution is -0.384. The summed E-state index contributed by atoms with van der Waals surface area (Å²) in [5, 5.41) is 10.8. The molecule has 1 heterocycles. The predicted octanol–water partition coefficient (Wildman–Crippen LogP) is 3.01. The van der Waals surface area contributed by atoms with Crippen LogP contribution in [-0.4, -0.2) is 16.6 Å². The minimum Gasteiger partial charge on any atom is -0.495 e. The van der Waals surface area contributed by atoms with E-state index in [0.717, 1.165) is 11.4 Å². The smallest absolute Gasteiger partial charge is 0.271 e. The molecule has 0 spiro atoms. The molecule has 1 aromatic heterocycles. The van der Waals surface area contributed by atoms with E-state index < -0.39 is 4.92 Å². The summed E-state index contributed by atoms with van der Waals surface area (Å²) in [6.07, 6.45) is 0. The Labute approximate surface area is 105 Å². The highest BCUT2D eigenvalue weighted by Gasteiger charge is 2.15. The van der Waals surface area contributed by atoms with Gasteiger partial charge in [-0.25, -0.2) is 0 Å². The average molecular weight is 246 g/mol. The van der Waals surface area contributed by atoms with Crippen LogP contribution in [0.2, 0.25) is 0 Å². The van der Waals surface area contributed by atoms with E-state index in [9.17, 15) is 10.1 Å². The van der Waals surface area contributed by atoms with Crippen LogP contribution in [0.15, 0.2) is 30.3 Å². The van der Waals surface area contributed by atoms with Crippen molar-refractivity contribution in [2.24, 2.45) is 0 Å². The van der Waals surface area contributed by atoms with E-state index >= 15 is 0 Å². The average Bonchev–Trinajstić information content (AvgIpc) is 2.68. The Hall–Kier alpha value is -2.30. The van der Waals surface area contributed by atoms with Gasteiger partial charge in [-0.15, -0.1) is 0 Å². The number of hydrogen-bond acceptors (Lipinski definition) is 3. The van der Waals surface area contributed by atoms with Crippen molar-refractivity contribution in [1.29, 1.82) is 0 Å². The normalized spacial score (nSPS) is 10.4. The summed E-state index contributed by atoms with van der Waals surface area (Å²) in [5.41, 5.74) is 2.75. The van der Waals surface area contributed by atoms with Crippen LogP contribution >= 0.6 is 0 Å². The quantitative estimate of drug-likeness (QED) is 0.618. The molecule has 0 aliphatic rings. The summed E-state index contributed by atoms with van der Waals surface area (Å²) in [6.45, 7) is 3.90. The third-order valence-corrected chi connectivity index (χ3v) is 2.89. The van der Waals surface area contributed by atoms with Crippen LogP contribution < -0.4 is 4.74 Å². The van der Waals surface area contributed by atoms with Crippen LogP contribution in [0.5, 0.6) is 5.75 Å². The van der Waals surface area contributed by atoms with E-state index in [0.29, 0.717) is 11.4 Å². The van der Waals surface area contributed by atoms with E-state index in [1.54, 1.807) is 13.2 Å². The molecule has 0 amide bonds. The Morgan fingerprint density at radius 1 is 1.17 bits per heavy atom. The van der Waals surface area contributed by atoms with Crippen molar-refractivity contribution >= 4 is 5.69 Å². The van der Waals surface area contributed by atoms with Gasteiger partial charge in [0.2, 0.25) is 0 Å². The second-order valence-corrected chi connectivity index (χ2v) is 4.06. The highest BCUT2D eigenvalue weighted by molar-refractivity contribution is 5.55. The first-order valence-corrected chi connectivity index (χ1v) is 5.52. The van der Waals surface area contributed by atoms with Gasteiger partial charge in [-0.1, -0.05) is 0 Å². The van der Waals surface area contributed by atoms with Crippen molar-refractivity contribution in [2.75, 3.05) is 7.11 Å². The first kappa shape index (κ1) is 12.2. The molecule has 0 bridgehead atoms. The first-order valence-electron chi connectivity index (χ1n) is 5.52. The highest BCUT2D eigenvalue weighted by Crippen LogP contribution is 2.29. The van der Waals surface area contributed by atoms with Crippen molar-refractivity contribution in [3.63, 3.8) is 0 Å². The number of nitro groups is 1. The molecular formula is C13H14N2O3. The molecule has 0 unspecified atom stereocenters. The fraction of sp³-hybridized carbons (Fsp3) is 0.231. The molecule has 0 aliphatic heterocycles. The molecule has 0 radical (unpaired) electrons. The lowest BCUT2D eigenvalue weighted by Crippen LogP contribution is -2.02. The maximum atomic E-state index is 10.8. The molecule has 0 aliphatic carbocycles. The van der Waals surface area contributed by atoms with Gasteiger partial charge in [0.05, 0.1) is 17.7 Å². The van der Waals surface area contributed by atoms with Gasteiger partial charge in [0.25, 0.3) is 5.69 Å². The van der Waals surface area contributed by atoms with Crippen LogP contribution in [0.3, 0.4) is 0 Å². The van der Waals surface area contributed by atoms with Gasteiger partial charge in [-0.2, -0.15) is 0 Å². The van der Waals surface area contributed by atoms with Crippen LogP contribution in [0.4, 0.5) is 5.69 Å². The maximum absolute atomic E-state index is 10.8. The molecule has 0 fully saturated rings. The fourth-order valence-corrected chi connectivity index (χ4v) is 2.02. The number of hydrogen-bond donors (Lipinski definition) is 0. The molecule has 0 atom stereocenters. The van der Waals surface area contributed by atoms with Crippen molar-refractivity contribution in [2.45, 2.75) is 13.8 Å². The minimum atomic E-state index is -0.406. The van der Waals surface area contributed by atoms with Crippen molar-refractivity contribution in [3.8, 4) is 11.4 Å². The van der Waals surface area contributed by atoms with Gasteiger partial charge < -0.3 is 9.30 Å². The fourth-order valence-electron chi connectivity index (χ4n) is 2.02. The molecule has 2 aromatic rings. The Morgan fingerprint density at radius 3 is 2.28 bits per heavy atom. The van der Waals surface area contributed by atoms with Gasteiger partial charge in [-0.05, 0) is 32.0 Å². The molecular weight excluding hydrogens is 232 g/mol. The summed E-state index contributed by atoms with van der Waals surface area (Å²) < 4.78 is 7.21. The van der Waals surface area contributed by atoms with Gasteiger partial charge >= 0.3 is 0 Å². The monoisotopic (exact) mass is 246 g/mol. The number of benzene rings is 1. The first-order chi connectivity index (χ1) is 8.54. The van der Waals surface area contributed by atoms with Gasteiger partial charge in [-0.3, -0.25) is 10.1 Å². The zero-order valence-electron chi connectivity index (χ0n) is 10.5. The van der Waals surface area contributed by atoms with E-state index in [4.69, 9.17) is 4.74 Å². The molecule has 0 saturated heterocycles. The Bertz CT molecular complexity index is 583. The van der Waals surface area contributed by atoms with Crippen LogP contribution in [-0.2, 0) is 0 Å². The van der Waals surface area contributed by atoms with Crippen LogP contribution in [0.1, 0.15) is 11.4 Å². The third kappa shape index (κ3) is 1.95. The molecule has 1 aromatic carbocycles. The summed E-state index contributed by atoms with van der Waals surface area (Å²) >= 11 is 0. The number of aromatic nitrogens is 1. The lowest BCUT2D eigenvalue weighted by Gasteiger charge is -2.13. The molecule has 0 saturated carbocycles. The third-order valence-electron chi connectivity index (χ3n) is 2.89. The second-order valence-electron chi connectivity index (χ2n) is 4.06. The van der Waals surface area contributed by atoms with Crippen molar-refractivity contribution < 1.29 is 9.66 Å². The van der Waals surface area contributed by atoms with Crippen LogP contribution in [0, 0.1) is 24.0 Å². The van der Waals surface area contributed by atoms with Gasteiger partial charge in [0.1, 0.15) is 5.75 Å². The number of nitrogens with zero attached hydrogens (tertiary/aromatic N) is 2. The SMILES string of the molecule is COc1ccc([N+](=O)[O-])cc1-n1c(C)ccc1C. The zero-order chi connectivity index (χ0) is 13.3. The Morgan fingerprint density at radius 2 is 1.78 bits per heavy atom. The minimum absolute atomic E-state index is 0.0540. The largest absolute Gasteiger partial charge is 0.495 e. The number of methoxy groups -OCH3 is 1. The number of non-ortho nitro benzene ring substituents is 1. The zero-order valence-corrected chi connectivity index (χ0v) is 10.5. The standard InChI is InChI=1S/C13H14N2O3/c1-9-4-5-10(2)14(9)12-8-11(15(16)17)6-7-13(12)18-3/h4-8H,1-3H3. The maximum Gasteiger partial charge on any atom is 0.271 e. The van der Waals surface area contributed by atoms with E-state index in [1.807, 2.05) is 30.5 Å². The summed E-state index contributed by atoms with van der Waals surface area (Å²) in [5.74, 6) is 0.614. The molecule has 5 heteroatoms. The number of ether oxygens (including phenoxy) is 1. The highest BCUT2D eigenvalue weighted by atomic mass is 16.6. The molecule has 2 rings (SSSR count). The number of nitro benzene ring substituents is 1. The Kier molecular flexibility index (Phi) is 3.06. The number of aryl methyl sites for hydroxylation is 2. The van der Waals surface area contributed by atoms with E-state index in [2.05, 4.69) is 0 Å². The lowest BCUT2D eigenvalue weighted by atomic mass is 10.2. The number of rotatable bonds is 3. The molecule has 5 nitrogen and oxygen atoms in total. The van der Waals surface area contributed by atoms with Crippen molar-refractivity contribution in [1.82, 2.24) is 4.57 Å². The topological polar surface area (TPSA) is 57.3 Å². The molecule has 18 heavy (non-hydrogen) atoms. The van der Waals surface area contributed by atoms with Gasteiger partial charge in [0, 0.05) is 23.5 Å². The molecule has 94 valence electrons. The summed E-state index contributed by atoms with van der Waals surface area (Å²) in [6, 6.07) is 8.52. The van der Waals surface area contributed by atoms with Gasteiger partial charge in [0.15, 0.2) is 0 Å². The second kappa shape index (κ2) is 4.52. The predicted molar refractivity (Wildman–Crippen MR) is 68.4 cm³/mol. The summed E-state index contributed by atoms with van der Waals surface area (Å²) in [7, 11) is 1.55. The van der Waals surface area contributed by atoms with E-state index in [1.165, 1.54) is 12.1 Å². The molecule has 0 N–H and O–H groups in total. The Balaban J connectivity index is 2.68.